The summed E-state index contributed by atoms with van der Waals surface area (Å²) in [5.41, 5.74) is 1.53. The predicted octanol–water partition coefficient (Wildman–Crippen LogP) is 0.414. The molecule has 0 saturated carbocycles. The van der Waals surface area contributed by atoms with E-state index in [1.165, 1.54) is 11.8 Å². The molecule has 2 amide bonds. The number of nitrogens with one attached hydrogen (secondary N) is 5. The first kappa shape index (κ1) is 23.0. The molecular weight excluding hydrogens is 384 g/mol. The maximum Gasteiger partial charge on any atom is 0.256 e. The Bertz CT molecular complexity index is 801. The lowest BCUT2D eigenvalue weighted by atomic mass is 10.2. The van der Waals surface area contributed by atoms with Crippen molar-refractivity contribution < 1.29 is 9.59 Å². The SMILES string of the molecule is CCCNc1nc(NCCc2ccncc2)ncc1C(=O)NCCNC(=O)CNC. The topological polar surface area (TPSA) is 133 Å². The van der Waals surface area contributed by atoms with Crippen molar-refractivity contribution in [2.45, 2.75) is 19.8 Å². The van der Waals surface area contributed by atoms with Gasteiger partial charge in [0.15, 0.2) is 0 Å². The van der Waals surface area contributed by atoms with E-state index in [1.807, 2.05) is 19.1 Å². The molecule has 10 nitrogen and oxygen atoms in total. The van der Waals surface area contributed by atoms with Gasteiger partial charge in [0.1, 0.15) is 11.4 Å². The van der Waals surface area contributed by atoms with Crippen molar-refractivity contribution in [3.05, 3.63) is 41.9 Å². The van der Waals surface area contributed by atoms with E-state index >= 15 is 0 Å². The summed E-state index contributed by atoms with van der Waals surface area (Å²) in [7, 11) is 1.70. The molecule has 0 aliphatic rings. The molecule has 2 heterocycles. The van der Waals surface area contributed by atoms with Crippen LogP contribution in [0.15, 0.2) is 30.7 Å². The molecule has 162 valence electrons. The van der Waals surface area contributed by atoms with Gasteiger partial charge in [-0.1, -0.05) is 6.92 Å². The number of anilines is 2. The number of carbonyl (C=O) groups excluding carboxylic acids is 2. The van der Waals surface area contributed by atoms with Gasteiger partial charge in [-0.15, -0.1) is 0 Å². The smallest absolute Gasteiger partial charge is 0.256 e. The molecule has 2 rings (SSSR count). The lowest BCUT2D eigenvalue weighted by Gasteiger charge is -2.13. The maximum atomic E-state index is 12.5. The molecule has 0 unspecified atom stereocenters. The second kappa shape index (κ2) is 13.0. The molecular formula is C20H30N8O2. The van der Waals surface area contributed by atoms with E-state index in [1.54, 1.807) is 19.4 Å². The number of rotatable bonds is 13. The Labute approximate surface area is 176 Å². The molecule has 0 saturated heterocycles. The van der Waals surface area contributed by atoms with Crippen LogP contribution in [-0.4, -0.2) is 66.5 Å². The van der Waals surface area contributed by atoms with Gasteiger partial charge in [-0.25, -0.2) is 4.98 Å². The Morgan fingerprint density at radius 1 is 1.00 bits per heavy atom. The number of hydrogen-bond acceptors (Lipinski definition) is 8. The van der Waals surface area contributed by atoms with Crippen LogP contribution in [0.3, 0.4) is 0 Å². The van der Waals surface area contributed by atoms with E-state index < -0.39 is 0 Å². The second-order valence-corrected chi connectivity index (χ2v) is 6.55. The lowest BCUT2D eigenvalue weighted by Crippen LogP contribution is -2.38. The Kier molecular flexibility index (Phi) is 10.0. The monoisotopic (exact) mass is 414 g/mol. The first-order valence-electron chi connectivity index (χ1n) is 10.1. The van der Waals surface area contributed by atoms with Crippen LogP contribution in [0.4, 0.5) is 11.8 Å². The highest BCUT2D eigenvalue weighted by Gasteiger charge is 2.14. The Balaban J connectivity index is 1.91. The molecule has 0 aromatic carbocycles. The average Bonchev–Trinajstić information content (AvgIpc) is 2.76. The van der Waals surface area contributed by atoms with Gasteiger partial charge >= 0.3 is 0 Å². The molecule has 10 heteroatoms. The summed E-state index contributed by atoms with van der Waals surface area (Å²) < 4.78 is 0. The molecule has 0 spiro atoms. The van der Waals surface area contributed by atoms with Gasteiger partial charge in [0, 0.05) is 44.8 Å². The highest BCUT2D eigenvalue weighted by Crippen LogP contribution is 2.14. The van der Waals surface area contributed by atoms with Gasteiger partial charge in [0.05, 0.1) is 6.54 Å². The van der Waals surface area contributed by atoms with Crippen LogP contribution in [0, 0.1) is 0 Å². The fourth-order valence-corrected chi connectivity index (χ4v) is 2.58. The molecule has 0 bridgehead atoms. The molecule has 0 aliphatic carbocycles. The van der Waals surface area contributed by atoms with Gasteiger partial charge in [-0.3, -0.25) is 14.6 Å². The third-order valence-corrected chi connectivity index (χ3v) is 4.09. The van der Waals surface area contributed by atoms with Crippen molar-refractivity contribution in [2.24, 2.45) is 0 Å². The zero-order chi connectivity index (χ0) is 21.6. The second-order valence-electron chi connectivity index (χ2n) is 6.55. The Hall–Kier alpha value is -3.27. The summed E-state index contributed by atoms with van der Waals surface area (Å²) in [6.07, 6.45) is 6.74. The first-order chi connectivity index (χ1) is 14.6. The van der Waals surface area contributed by atoms with Gasteiger partial charge in [0.25, 0.3) is 5.91 Å². The van der Waals surface area contributed by atoms with E-state index in [-0.39, 0.29) is 18.4 Å². The minimum atomic E-state index is -0.292. The summed E-state index contributed by atoms with van der Waals surface area (Å²) >= 11 is 0. The van der Waals surface area contributed by atoms with Gasteiger partial charge in [-0.2, -0.15) is 4.98 Å². The number of hydrogen-bond donors (Lipinski definition) is 5. The first-order valence-corrected chi connectivity index (χ1v) is 10.1. The zero-order valence-corrected chi connectivity index (χ0v) is 17.5. The summed E-state index contributed by atoms with van der Waals surface area (Å²) in [6.45, 7) is 4.29. The van der Waals surface area contributed by atoms with Gasteiger partial charge in [0.2, 0.25) is 11.9 Å². The number of pyridine rings is 1. The van der Waals surface area contributed by atoms with E-state index in [9.17, 15) is 9.59 Å². The fraction of sp³-hybridized carbons (Fsp3) is 0.450. The molecule has 0 radical (unpaired) electrons. The number of carbonyl (C=O) groups is 2. The average molecular weight is 415 g/mol. The zero-order valence-electron chi connectivity index (χ0n) is 17.5. The highest BCUT2D eigenvalue weighted by molar-refractivity contribution is 5.98. The van der Waals surface area contributed by atoms with Crippen LogP contribution in [-0.2, 0) is 11.2 Å². The van der Waals surface area contributed by atoms with Crippen LogP contribution in [0.5, 0.6) is 0 Å². The number of likely N-dealkylation sites (N-methyl/N-ethyl adjacent to an activating group) is 1. The van der Waals surface area contributed by atoms with Gasteiger partial charge in [-0.05, 0) is 37.6 Å². The van der Waals surface area contributed by atoms with Crippen molar-refractivity contribution in [3.8, 4) is 0 Å². The van der Waals surface area contributed by atoms with E-state index in [4.69, 9.17) is 0 Å². The van der Waals surface area contributed by atoms with Crippen LogP contribution in [0.1, 0.15) is 29.3 Å². The number of amides is 2. The highest BCUT2D eigenvalue weighted by atomic mass is 16.2. The van der Waals surface area contributed by atoms with Crippen molar-refractivity contribution in [1.82, 2.24) is 30.9 Å². The fourth-order valence-electron chi connectivity index (χ4n) is 2.58. The van der Waals surface area contributed by atoms with Crippen LogP contribution < -0.4 is 26.6 Å². The largest absolute Gasteiger partial charge is 0.369 e. The third kappa shape index (κ3) is 8.00. The summed E-state index contributed by atoms with van der Waals surface area (Å²) in [4.78, 5) is 36.7. The molecule has 2 aromatic rings. The number of nitrogens with zero attached hydrogens (tertiary/aromatic N) is 3. The van der Waals surface area contributed by atoms with E-state index in [2.05, 4.69) is 41.5 Å². The van der Waals surface area contributed by atoms with E-state index in [0.29, 0.717) is 43.5 Å². The van der Waals surface area contributed by atoms with Crippen LogP contribution in [0.25, 0.3) is 0 Å². The third-order valence-electron chi connectivity index (χ3n) is 4.09. The summed E-state index contributed by atoms with van der Waals surface area (Å²) in [5, 5.41) is 14.6. The Morgan fingerprint density at radius 2 is 1.77 bits per heavy atom. The Morgan fingerprint density at radius 3 is 2.50 bits per heavy atom. The minimum Gasteiger partial charge on any atom is -0.369 e. The van der Waals surface area contributed by atoms with Crippen LogP contribution >= 0.6 is 0 Å². The van der Waals surface area contributed by atoms with Gasteiger partial charge < -0.3 is 26.6 Å². The van der Waals surface area contributed by atoms with E-state index in [0.717, 1.165) is 12.8 Å². The number of aromatic nitrogens is 3. The normalized spacial score (nSPS) is 10.3. The minimum absolute atomic E-state index is 0.123. The summed E-state index contributed by atoms with van der Waals surface area (Å²) in [5.74, 6) is 0.524. The molecule has 2 aromatic heterocycles. The standard InChI is InChI=1S/C20H30N8O2/c1-3-7-24-18-16(19(30)25-12-11-23-17(29)14-21-2)13-27-20(28-18)26-10-6-15-4-8-22-9-5-15/h4-5,8-9,13,21H,3,6-7,10-12,14H2,1-2H3,(H,23,29)(H,25,30)(H2,24,26,27,28). The lowest BCUT2D eigenvalue weighted by molar-refractivity contribution is -0.120. The van der Waals surface area contributed by atoms with Crippen molar-refractivity contribution in [1.29, 1.82) is 0 Å². The maximum absolute atomic E-state index is 12.5. The molecule has 0 aliphatic heterocycles. The summed E-state index contributed by atoms with van der Waals surface area (Å²) in [6, 6.07) is 3.93. The molecule has 0 atom stereocenters. The predicted molar refractivity (Wildman–Crippen MR) is 117 cm³/mol. The quantitative estimate of drug-likeness (QED) is 0.298. The molecule has 5 N–H and O–H groups in total. The molecule has 30 heavy (non-hydrogen) atoms. The van der Waals surface area contributed by atoms with Crippen molar-refractivity contribution in [2.75, 3.05) is 50.4 Å². The van der Waals surface area contributed by atoms with Crippen molar-refractivity contribution >= 4 is 23.6 Å². The van der Waals surface area contributed by atoms with Crippen molar-refractivity contribution in [3.63, 3.8) is 0 Å². The molecule has 0 fully saturated rings. The van der Waals surface area contributed by atoms with Crippen LogP contribution in [0.2, 0.25) is 0 Å².